The zero-order valence-electron chi connectivity index (χ0n) is 10.1. The minimum atomic E-state index is -0.222. The van der Waals surface area contributed by atoms with Gasteiger partial charge in [-0.15, -0.1) is 0 Å². The molecular formula is C13H15FN2OS. The molecule has 1 aromatic heterocycles. The minimum Gasteiger partial charge on any atom is -0.440 e. The van der Waals surface area contributed by atoms with Gasteiger partial charge in [0, 0.05) is 11.4 Å². The molecule has 0 aliphatic heterocycles. The number of rotatable bonds is 6. The zero-order chi connectivity index (χ0) is 12.8. The zero-order valence-corrected chi connectivity index (χ0v) is 11.0. The monoisotopic (exact) mass is 266 g/mol. The third-order valence-electron chi connectivity index (χ3n) is 2.37. The predicted octanol–water partition coefficient (Wildman–Crippen LogP) is 3.46. The number of oxazole rings is 1. The summed E-state index contributed by atoms with van der Waals surface area (Å²) in [6.45, 7) is 3.66. The quantitative estimate of drug-likeness (QED) is 0.812. The van der Waals surface area contributed by atoms with E-state index in [1.165, 1.54) is 24.1 Å². The molecule has 0 aliphatic rings. The van der Waals surface area contributed by atoms with E-state index in [0.29, 0.717) is 11.8 Å². The molecular weight excluding hydrogens is 251 g/mol. The normalized spacial score (nSPS) is 10.8. The van der Waals surface area contributed by atoms with Crippen LogP contribution in [0.1, 0.15) is 18.9 Å². The number of aromatic nitrogens is 1. The van der Waals surface area contributed by atoms with Crippen molar-refractivity contribution in [3.8, 4) is 0 Å². The molecule has 2 aromatic rings. The van der Waals surface area contributed by atoms with E-state index in [-0.39, 0.29) is 5.82 Å². The molecule has 0 spiro atoms. The molecule has 1 aromatic carbocycles. The average molecular weight is 266 g/mol. The number of nitrogens with zero attached hydrogens (tertiary/aromatic N) is 1. The van der Waals surface area contributed by atoms with Crippen LogP contribution in [0.4, 0.5) is 4.39 Å². The van der Waals surface area contributed by atoms with Crippen LogP contribution in [0.25, 0.3) is 0 Å². The fourth-order valence-electron chi connectivity index (χ4n) is 1.54. The van der Waals surface area contributed by atoms with Crippen molar-refractivity contribution >= 4 is 11.8 Å². The van der Waals surface area contributed by atoms with E-state index < -0.39 is 0 Å². The lowest BCUT2D eigenvalue weighted by Crippen LogP contribution is -2.14. The number of halogens is 1. The summed E-state index contributed by atoms with van der Waals surface area (Å²) >= 11 is 1.40. The molecule has 2 rings (SSSR count). The standard InChI is InChI=1S/C13H15FN2OS/c1-2-5-15-9-10-8-11(14)3-4-12(10)18-13-16-6-7-17-13/h3-4,6-8,15H,2,5,9H2,1H3. The Morgan fingerprint density at radius 3 is 3.06 bits per heavy atom. The van der Waals surface area contributed by atoms with Gasteiger partial charge in [-0.2, -0.15) is 0 Å². The van der Waals surface area contributed by atoms with Gasteiger partial charge in [0.2, 0.25) is 0 Å². The molecule has 0 saturated carbocycles. The first-order chi connectivity index (χ1) is 8.79. The van der Waals surface area contributed by atoms with Gasteiger partial charge < -0.3 is 9.73 Å². The maximum absolute atomic E-state index is 13.3. The van der Waals surface area contributed by atoms with Gasteiger partial charge in [-0.1, -0.05) is 6.92 Å². The summed E-state index contributed by atoms with van der Waals surface area (Å²) in [6, 6.07) is 4.76. The summed E-state index contributed by atoms with van der Waals surface area (Å²) in [5.41, 5.74) is 0.923. The van der Waals surface area contributed by atoms with Crippen LogP contribution in [0.5, 0.6) is 0 Å². The fraction of sp³-hybridized carbons (Fsp3) is 0.308. The Kier molecular flexibility index (Phi) is 4.78. The van der Waals surface area contributed by atoms with Crippen molar-refractivity contribution in [1.29, 1.82) is 0 Å². The van der Waals surface area contributed by atoms with Crippen molar-refractivity contribution in [2.45, 2.75) is 30.0 Å². The molecule has 0 atom stereocenters. The van der Waals surface area contributed by atoms with Gasteiger partial charge in [-0.05, 0) is 48.5 Å². The Labute approximate surface area is 110 Å². The van der Waals surface area contributed by atoms with Gasteiger partial charge in [-0.25, -0.2) is 9.37 Å². The highest BCUT2D eigenvalue weighted by Crippen LogP contribution is 2.29. The van der Waals surface area contributed by atoms with Crippen LogP contribution in [-0.2, 0) is 6.54 Å². The Morgan fingerprint density at radius 2 is 2.33 bits per heavy atom. The SMILES string of the molecule is CCCNCc1cc(F)ccc1Sc1ncco1. The number of benzene rings is 1. The number of hydrogen-bond acceptors (Lipinski definition) is 4. The largest absolute Gasteiger partial charge is 0.440 e. The lowest BCUT2D eigenvalue weighted by atomic mass is 10.2. The highest BCUT2D eigenvalue weighted by molar-refractivity contribution is 7.99. The van der Waals surface area contributed by atoms with Gasteiger partial charge >= 0.3 is 0 Å². The molecule has 0 radical (unpaired) electrons. The fourth-order valence-corrected chi connectivity index (χ4v) is 2.34. The smallest absolute Gasteiger partial charge is 0.260 e. The van der Waals surface area contributed by atoms with E-state index in [9.17, 15) is 4.39 Å². The Balaban J connectivity index is 2.12. The van der Waals surface area contributed by atoms with E-state index >= 15 is 0 Å². The van der Waals surface area contributed by atoms with Gasteiger partial charge in [0.15, 0.2) is 0 Å². The first-order valence-corrected chi connectivity index (χ1v) is 6.67. The topological polar surface area (TPSA) is 38.1 Å². The summed E-state index contributed by atoms with van der Waals surface area (Å²) in [7, 11) is 0. The molecule has 1 N–H and O–H groups in total. The third kappa shape index (κ3) is 3.58. The molecule has 96 valence electrons. The van der Waals surface area contributed by atoms with Crippen molar-refractivity contribution in [3.63, 3.8) is 0 Å². The lowest BCUT2D eigenvalue weighted by molar-refractivity contribution is 0.454. The minimum absolute atomic E-state index is 0.222. The Morgan fingerprint density at radius 1 is 1.44 bits per heavy atom. The molecule has 0 saturated heterocycles. The van der Waals surface area contributed by atoms with Crippen LogP contribution < -0.4 is 5.32 Å². The van der Waals surface area contributed by atoms with Crippen molar-refractivity contribution in [2.75, 3.05) is 6.54 Å². The second-order valence-corrected chi connectivity index (χ2v) is 4.82. The van der Waals surface area contributed by atoms with Crippen LogP contribution in [0.2, 0.25) is 0 Å². The first-order valence-electron chi connectivity index (χ1n) is 5.86. The summed E-state index contributed by atoms with van der Waals surface area (Å²) < 4.78 is 18.4. The maximum atomic E-state index is 13.3. The lowest BCUT2D eigenvalue weighted by Gasteiger charge is -2.08. The first kappa shape index (κ1) is 13.1. The Bertz CT molecular complexity index is 488. The molecule has 0 amide bonds. The van der Waals surface area contributed by atoms with E-state index in [1.807, 2.05) is 0 Å². The molecule has 5 heteroatoms. The van der Waals surface area contributed by atoms with Crippen molar-refractivity contribution in [3.05, 3.63) is 42.0 Å². The second kappa shape index (κ2) is 6.56. The van der Waals surface area contributed by atoms with Crippen molar-refractivity contribution < 1.29 is 8.81 Å². The summed E-state index contributed by atoms with van der Waals surface area (Å²) in [4.78, 5) is 5.01. The summed E-state index contributed by atoms with van der Waals surface area (Å²) in [5.74, 6) is -0.222. The van der Waals surface area contributed by atoms with Gasteiger partial charge in [0.05, 0.1) is 6.20 Å². The van der Waals surface area contributed by atoms with Crippen LogP contribution in [0.3, 0.4) is 0 Å². The maximum Gasteiger partial charge on any atom is 0.260 e. The molecule has 18 heavy (non-hydrogen) atoms. The molecule has 1 heterocycles. The predicted molar refractivity (Wildman–Crippen MR) is 69.0 cm³/mol. The van der Waals surface area contributed by atoms with Gasteiger partial charge in [-0.3, -0.25) is 0 Å². The molecule has 0 unspecified atom stereocenters. The average Bonchev–Trinajstić information content (AvgIpc) is 2.86. The van der Waals surface area contributed by atoms with Gasteiger partial charge in [0.1, 0.15) is 12.1 Å². The highest BCUT2D eigenvalue weighted by Gasteiger charge is 2.08. The third-order valence-corrected chi connectivity index (χ3v) is 3.37. The van der Waals surface area contributed by atoms with Crippen LogP contribution in [0, 0.1) is 5.82 Å². The number of hydrogen-bond donors (Lipinski definition) is 1. The number of nitrogens with one attached hydrogen (secondary N) is 1. The van der Waals surface area contributed by atoms with Gasteiger partial charge in [0.25, 0.3) is 5.22 Å². The summed E-state index contributed by atoms with van der Waals surface area (Å²) in [5, 5.41) is 3.84. The second-order valence-electron chi connectivity index (χ2n) is 3.83. The van der Waals surface area contributed by atoms with E-state index in [2.05, 4.69) is 17.2 Å². The summed E-state index contributed by atoms with van der Waals surface area (Å²) in [6.07, 6.45) is 4.18. The van der Waals surface area contributed by atoms with Crippen LogP contribution >= 0.6 is 11.8 Å². The highest BCUT2D eigenvalue weighted by atomic mass is 32.2. The molecule has 0 fully saturated rings. The molecule has 3 nitrogen and oxygen atoms in total. The van der Waals surface area contributed by atoms with E-state index in [4.69, 9.17) is 4.42 Å². The van der Waals surface area contributed by atoms with Crippen LogP contribution in [-0.4, -0.2) is 11.5 Å². The van der Waals surface area contributed by atoms with Crippen molar-refractivity contribution in [1.82, 2.24) is 10.3 Å². The van der Waals surface area contributed by atoms with E-state index in [1.54, 1.807) is 18.3 Å². The Hall–Kier alpha value is -1.33. The molecule has 0 aliphatic carbocycles. The van der Waals surface area contributed by atoms with Crippen LogP contribution in [0.15, 0.2) is 45.2 Å². The molecule has 0 bridgehead atoms. The van der Waals surface area contributed by atoms with Crippen molar-refractivity contribution in [2.24, 2.45) is 0 Å². The van der Waals surface area contributed by atoms with E-state index in [0.717, 1.165) is 23.4 Å².